The number of nitrogens with one attached hydrogen (secondary N) is 1. The standard InChI is InChI=1S/C17H22N4O4/c1-20(17(23)14-10-21(2)19-16(14)25-4)11-15(22)18-9-12-5-7-13(24-3)8-6-12/h5-8,10H,9,11H2,1-4H3,(H,18,22). The van der Waals surface area contributed by atoms with Crippen molar-refractivity contribution < 1.29 is 19.1 Å². The number of hydrogen-bond donors (Lipinski definition) is 1. The summed E-state index contributed by atoms with van der Waals surface area (Å²) in [4.78, 5) is 25.8. The number of ether oxygens (including phenoxy) is 2. The van der Waals surface area contributed by atoms with Crippen molar-refractivity contribution in [3.63, 3.8) is 0 Å². The molecule has 0 fully saturated rings. The summed E-state index contributed by atoms with van der Waals surface area (Å²) in [6, 6.07) is 7.39. The van der Waals surface area contributed by atoms with Crippen LogP contribution in [0.3, 0.4) is 0 Å². The molecule has 0 aliphatic carbocycles. The topological polar surface area (TPSA) is 85.7 Å². The number of nitrogens with zero attached hydrogens (tertiary/aromatic N) is 3. The predicted octanol–water partition coefficient (Wildman–Crippen LogP) is 0.826. The van der Waals surface area contributed by atoms with Crippen LogP contribution in [0.15, 0.2) is 30.5 Å². The molecule has 0 saturated carbocycles. The van der Waals surface area contributed by atoms with E-state index in [0.717, 1.165) is 11.3 Å². The highest BCUT2D eigenvalue weighted by atomic mass is 16.5. The molecule has 1 aromatic heterocycles. The first-order valence-corrected chi connectivity index (χ1v) is 7.67. The number of carbonyl (C=O) groups excluding carboxylic acids is 2. The van der Waals surface area contributed by atoms with E-state index in [4.69, 9.17) is 9.47 Å². The molecule has 0 bridgehead atoms. The van der Waals surface area contributed by atoms with Gasteiger partial charge in [0.25, 0.3) is 5.91 Å². The van der Waals surface area contributed by atoms with Crippen molar-refractivity contribution in [1.82, 2.24) is 20.0 Å². The number of aromatic nitrogens is 2. The minimum absolute atomic E-state index is 0.0625. The second-order valence-corrected chi connectivity index (χ2v) is 5.51. The summed E-state index contributed by atoms with van der Waals surface area (Å²) in [5, 5.41) is 6.82. The summed E-state index contributed by atoms with van der Waals surface area (Å²) in [6.45, 7) is 0.314. The Morgan fingerprint density at radius 1 is 1.20 bits per heavy atom. The Kier molecular flexibility index (Phi) is 5.99. The predicted molar refractivity (Wildman–Crippen MR) is 91.6 cm³/mol. The molecule has 0 aliphatic rings. The van der Waals surface area contributed by atoms with Gasteiger partial charge in [0.1, 0.15) is 11.3 Å². The van der Waals surface area contributed by atoms with E-state index in [1.54, 1.807) is 27.4 Å². The van der Waals surface area contributed by atoms with Gasteiger partial charge in [-0.1, -0.05) is 12.1 Å². The monoisotopic (exact) mass is 346 g/mol. The number of rotatable bonds is 7. The van der Waals surface area contributed by atoms with E-state index < -0.39 is 0 Å². The molecule has 0 radical (unpaired) electrons. The maximum absolute atomic E-state index is 12.4. The summed E-state index contributed by atoms with van der Waals surface area (Å²) in [5.74, 6) is 0.405. The van der Waals surface area contributed by atoms with Gasteiger partial charge in [-0.2, -0.15) is 0 Å². The van der Waals surface area contributed by atoms with Crippen LogP contribution in [0.1, 0.15) is 15.9 Å². The molecule has 1 aromatic carbocycles. The van der Waals surface area contributed by atoms with Gasteiger partial charge in [-0.15, -0.1) is 5.10 Å². The van der Waals surface area contributed by atoms with Crippen LogP contribution < -0.4 is 14.8 Å². The molecule has 8 heteroatoms. The van der Waals surface area contributed by atoms with Crippen molar-refractivity contribution in [2.45, 2.75) is 6.54 Å². The van der Waals surface area contributed by atoms with Crippen molar-refractivity contribution in [3.8, 4) is 11.6 Å². The SMILES string of the molecule is COc1ccc(CNC(=O)CN(C)C(=O)c2cn(C)nc2OC)cc1. The molecule has 0 aliphatic heterocycles. The van der Waals surface area contributed by atoms with Gasteiger partial charge >= 0.3 is 0 Å². The van der Waals surface area contributed by atoms with E-state index >= 15 is 0 Å². The van der Waals surface area contributed by atoms with E-state index in [1.807, 2.05) is 24.3 Å². The van der Waals surface area contributed by atoms with Crippen LogP contribution >= 0.6 is 0 Å². The second-order valence-electron chi connectivity index (χ2n) is 5.51. The van der Waals surface area contributed by atoms with E-state index in [-0.39, 0.29) is 24.2 Å². The number of amides is 2. The molecule has 1 heterocycles. The van der Waals surface area contributed by atoms with Crippen LogP contribution in [0.4, 0.5) is 0 Å². The number of likely N-dealkylation sites (N-methyl/N-ethyl adjacent to an activating group) is 1. The lowest BCUT2D eigenvalue weighted by atomic mass is 10.2. The maximum atomic E-state index is 12.4. The highest BCUT2D eigenvalue weighted by Crippen LogP contribution is 2.16. The highest BCUT2D eigenvalue weighted by Gasteiger charge is 2.21. The Balaban J connectivity index is 1.89. The zero-order chi connectivity index (χ0) is 18.4. The third kappa shape index (κ3) is 4.72. The molecule has 0 atom stereocenters. The molecule has 134 valence electrons. The van der Waals surface area contributed by atoms with Crippen molar-refractivity contribution in [2.75, 3.05) is 27.8 Å². The summed E-state index contributed by atoms with van der Waals surface area (Å²) in [5.41, 5.74) is 1.26. The van der Waals surface area contributed by atoms with Gasteiger partial charge < -0.3 is 19.7 Å². The average Bonchev–Trinajstić information content (AvgIpc) is 3.00. The van der Waals surface area contributed by atoms with Crippen LogP contribution in [0, 0.1) is 0 Å². The van der Waals surface area contributed by atoms with Gasteiger partial charge in [-0.25, -0.2) is 0 Å². The summed E-state index contributed by atoms with van der Waals surface area (Å²) in [7, 11) is 6.30. The van der Waals surface area contributed by atoms with Crippen LogP contribution in [-0.4, -0.2) is 54.3 Å². The molecular weight excluding hydrogens is 324 g/mol. The Morgan fingerprint density at radius 2 is 1.88 bits per heavy atom. The fourth-order valence-corrected chi connectivity index (χ4v) is 2.26. The van der Waals surface area contributed by atoms with Crippen molar-refractivity contribution in [2.24, 2.45) is 7.05 Å². The summed E-state index contributed by atoms with van der Waals surface area (Å²) in [6.07, 6.45) is 1.56. The lowest BCUT2D eigenvalue weighted by molar-refractivity contribution is -0.121. The van der Waals surface area contributed by atoms with Crippen molar-refractivity contribution in [3.05, 3.63) is 41.6 Å². The quantitative estimate of drug-likeness (QED) is 0.802. The van der Waals surface area contributed by atoms with E-state index in [9.17, 15) is 9.59 Å². The maximum Gasteiger partial charge on any atom is 0.261 e. The van der Waals surface area contributed by atoms with Crippen molar-refractivity contribution >= 4 is 11.8 Å². The fraction of sp³-hybridized carbons (Fsp3) is 0.353. The number of methoxy groups -OCH3 is 2. The van der Waals surface area contributed by atoms with Crippen LogP contribution in [0.5, 0.6) is 11.6 Å². The average molecular weight is 346 g/mol. The van der Waals surface area contributed by atoms with E-state index in [1.165, 1.54) is 16.7 Å². The van der Waals surface area contributed by atoms with Crippen molar-refractivity contribution in [1.29, 1.82) is 0 Å². The fourth-order valence-electron chi connectivity index (χ4n) is 2.26. The Bertz CT molecular complexity index is 740. The van der Waals surface area contributed by atoms with Gasteiger partial charge in [0.05, 0.1) is 20.8 Å². The molecule has 0 spiro atoms. The molecule has 0 unspecified atom stereocenters. The second kappa shape index (κ2) is 8.18. The minimum atomic E-state index is -0.329. The number of carbonyl (C=O) groups is 2. The van der Waals surface area contributed by atoms with Gasteiger partial charge in [0.2, 0.25) is 11.8 Å². The van der Waals surface area contributed by atoms with Gasteiger partial charge in [-0.3, -0.25) is 14.3 Å². The minimum Gasteiger partial charge on any atom is -0.497 e. The summed E-state index contributed by atoms with van der Waals surface area (Å²) >= 11 is 0. The number of hydrogen-bond acceptors (Lipinski definition) is 5. The third-order valence-corrected chi connectivity index (χ3v) is 3.59. The molecule has 2 aromatic rings. The third-order valence-electron chi connectivity index (χ3n) is 3.59. The number of aryl methyl sites for hydroxylation is 1. The van der Waals surface area contributed by atoms with Gasteiger partial charge in [-0.05, 0) is 17.7 Å². The van der Waals surface area contributed by atoms with Crippen LogP contribution in [0.25, 0.3) is 0 Å². The molecule has 1 N–H and O–H groups in total. The lowest BCUT2D eigenvalue weighted by Crippen LogP contribution is -2.38. The Morgan fingerprint density at radius 3 is 2.48 bits per heavy atom. The Labute approximate surface area is 146 Å². The molecule has 8 nitrogen and oxygen atoms in total. The zero-order valence-electron chi connectivity index (χ0n) is 14.8. The zero-order valence-corrected chi connectivity index (χ0v) is 14.8. The van der Waals surface area contributed by atoms with Crippen LogP contribution in [-0.2, 0) is 18.4 Å². The van der Waals surface area contributed by atoms with Gasteiger partial charge in [0, 0.05) is 26.8 Å². The van der Waals surface area contributed by atoms with E-state index in [2.05, 4.69) is 10.4 Å². The highest BCUT2D eigenvalue weighted by molar-refractivity contribution is 5.98. The molecule has 0 saturated heterocycles. The Hall–Kier alpha value is -3.03. The first-order valence-electron chi connectivity index (χ1n) is 7.67. The van der Waals surface area contributed by atoms with Gasteiger partial charge in [0.15, 0.2) is 0 Å². The summed E-state index contributed by atoms with van der Waals surface area (Å²) < 4.78 is 11.7. The lowest BCUT2D eigenvalue weighted by Gasteiger charge is -2.16. The largest absolute Gasteiger partial charge is 0.497 e. The first kappa shape index (κ1) is 18.3. The first-order chi connectivity index (χ1) is 11.9. The molecule has 25 heavy (non-hydrogen) atoms. The molecular formula is C17H22N4O4. The number of benzene rings is 1. The van der Waals surface area contributed by atoms with Crippen LogP contribution in [0.2, 0.25) is 0 Å². The molecule has 2 amide bonds. The van der Waals surface area contributed by atoms with E-state index in [0.29, 0.717) is 12.1 Å². The normalized spacial score (nSPS) is 10.2. The molecule has 2 rings (SSSR count). The smallest absolute Gasteiger partial charge is 0.261 e.